The Labute approximate surface area is 174 Å². The molecule has 6 heteroatoms. The number of rotatable bonds is 6. The maximum Gasteiger partial charge on any atom is 0.246 e. The van der Waals surface area contributed by atoms with Gasteiger partial charge in [0.15, 0.2) is 0 Å². The van der Waals surface area contributed by atoms with Crippen LogP contribution in [0.25, 0.3) is 16.3 Å². The first-order valence-corrected chi connectivity index (χ1v) is 10.6. The van der Waals surface area contributed by atoms with Gasteiger partial charge in [-0.05, 0) is 44.2 Å². The third-order valence-corrected chi connectivity index (χ3v) is 5.84. The zero-order valence-electron chi connectivity index (χ0n) is 16.8. The third-order valence-electron chi connectivity index (χ3n) is 4.82. The van der Waals surface area contributed by atoms with E-state index in [1.54, 1.807) is 35.4 Å². The molecule has 1 amide bonds. The Balaban J connectivity index is 1.49. The van der Waals surface area contributed by atoms with Gasteiger partial charge in [-0.25, -0.2) is 4.98 Å². The van der Waals surface area contributed by atoms with E-state index in [2.05, 4.69) is 11.9 Å². The number of aromatic nitrogens is 1. The predicted molar refractivity (Wildman–Crippen MR) is 117 cm³/mol. The third kappa shape index (κ3) is 4.27. The topological polar surface area (TPSA) is 51.7 Å². The van der Waals surface area contributed by atoms with Gasteiger partial charge in [-0.2, -0.15) is 0 Å². The van der Waals surface area contributed by atoms with Crippen molar-refractivity contribution in [3.05, 3.63) is 58.6 Å². The van der Waals surface area contributed by atoms with Crippen molar-refractivity contribution < 1.29 is 14.3 Å². The summed E-state index contributed by atoms with van der Waals surface area (Å²) in [6, 6.07) is 12.0. The van der Waals surface area contributed by atoms with Crippen LogP contribution in [0.3, 0.4) is 0 Å². The van der Waals surface area contributed by atoms with Crippen molar-refractivity contribution in [3.63, 3.8) is 0 Å². The van der Waals surface area contributed by atoms with Crippen LogP contribution in [-0.2, 0) is 17.8 Å². The summed E-state index contributed by atoms with van der Waals surface area (Å²) in [6.07, 6.45) is 4.42. The van der Waals surface area contributed by atoms with Gasteiger partial charge in [0.25, 0.3) is 0 Å². The summed E-state index contributed by atoms with van der Waals surface area (Å²) in [6.45, 7) is 5.06. The molecule has 1 aromatic heterocycles. The van der Waals surface area contributed by atoms with Crippen molar-refractivity contribution in [3.8, 4) is 11.5 Å². The van der Waals surface area contributed by atoms with E-state index in [-0.39, 0.29) is 12.0 Å². The number of thiazole rings is 1. The molecule has 0 N–H and O–H groups in total. The van der Waals surface area contributed by atoms with E-state index in [9.17, 15) is 4.79 Å². The Morgan fingerprint density at radius 3 is 3.00 bits per heavy atom. The highest BCUT2D eigenvalue weighted by Gasteiger charge is 2.21. The van der Waals surface area contributed by atoms with Gasteiger partial charge in [-0.15, -0.1) is 11.3 Å². The first-order chi connectivity index (χ1) is 14.0. The zero-order chi connectivity index (χ0) is 20.4. The number of hydrogen-bond acceptors (Lipinski definition) is 5. The van der Waals surface area contributed by atoms with Gasteiger partial charge in [0.2, 0.25) is 5.91 Å². The van der Waals surface area contributed by atoms with Crippen LogP contribution in [0.2, 0.25) is 0 Å². The van der Waals surface area contributed by atoms with Crippen LogP contribution in [0.5, 0.6) is 11.5 Å². The fourth-order valence-corrected chi connectivity index (χ4v) is 4.44. The smallest absolute Gasteiger partial charge is 0.246 e. The van der Waals surface area contributed by atoms with Crippen LogP contribution in [0.1, 0.15) is 30.0 Å². The molecular formula is C23H24N2O3S. The van der Waals surface area contributed by atoms with Crippen LogP contribution in [0.15, 0.2) is 42.5 Å². The molecule has 1 aliphatic rings. The lowest BCUT2D eigenvalue weighted by molar-refractivity contribution is -0.125. The molecule has 1 aliphatic heterocycles. The van der Waals surface area contributed by atoms with Gasteiger partial charge in [0.1, 0.15) is 22.6 Å². The number of carbonyl (C=O) groups is 1. The minimum absolute atomic E-state index is 0.0820. The van der Waals surface area contributed by atoms with E-state index in [1.165, 1.54) is 0 Å². The molecule has 0 spiro atoms. The maximum atomic E-state index is 12.6. The number of hydrogen-bond donors (Lipinski definition) is 0. The summed E-state index contributed by atoms with van der Waals surface area (Å²) < 4.78 is 12.8. The van der Waals surface area contributed by atoms with E-state index in [0.717, 1.165) is 44.3 Å². The molecule has 0 unspecified atom stereocenters. The molecule has 0 saturated carbocycles. The van der Waals surface area contributed by atoms with Crippen LogP contribution >= 0.6 is 11.3 Å². The van der Waals surface area contributed by atoms with E-state index in [0.29, 0.717) is 13.2 Å². The molecule has 2 aromatic carbocycles. The van der Waals surface area contributed by atoms with Gasteiger partial charge < -0.3 is 14.4 Å². The first kappa shape index (κ1) is 19.5. The number of carbonyl (C=O) groups excluding carboxylic acids is 1. The van der Waals surface area contributed by atoms with Gasteiger partial charge in [0.05, 0.1) is 23.4 Å². The standard InChI is InChI=1S/C23H24N2O3S/c1-4-27-19-13-17-11-15(2)28-20(17)12-16(19)9-10-23(26)25(3)14-22-24-18-7-5-6-8-21(18)29-22/h5-10,12-13,15H,4,11,14H2,1-3H3/b10-9+/t15-/m1/s1. The molecule has 0 aliphatic carbocycles. The van der Waals surface area contributed by atoms with Crippen LogP contribution in [0, 0.1) is 0 Å². The maximum absolute atomic E-state index is 12.6. The molecule has 0 bridgehead atoms. The lowest BCUT2D eigenvalue weighted by atomic mass is 10.1. The number of fused-ring (bicyclic) bond motifs is 2. The number of para-hydroxylation sites is 1. The van der Waals surface area contributed by atoms with Crippen molar-refractivity contribution in [1.82, 2.24) is 9.88 Å². The first-order valence-electron chi connectivity index (χ1n) is 9.77. The Bertz CT molecular complexity index is 1040. The number of benzene rings is 2. The molecule has 150 valence electrons. The second kappa shape index (κ2) is 8.25. The number of likely N-dealkylation sites (N-methyl/N-ethyl adjacent to an activating group) is 1. The number of amides is 1. The molecule has 5 nitrogen and oxygen atoms in total. The number of ether oxygens (including phenoxy) is 2. The molecule has 3 aromatic rings. The average molecular weight is 409 g/mol. The molecule has 0 saturated heterocycles. The fraction of sp³-hybridized carbons (Fsp3) is 0.304. The normalized spacial score (nSPS) is 15.5. The van der Waals surface area contributed by atoms with E-state index in [4.69, 9.17) is 9.47 Å². The van der Waals surface area contributed by atoms with Crippen molar-refractivity contribution in [2.24, 2.45) is 0 Å². The van der Waals surface area contributed by atoms with Crippen LogP contribution in [-0.4, -0.2) is 35.5 Å². The van der Waals surface area contributed by atoms with E-state index in [1.807, 2.05) is 43.3 Å². The van der Waals surface area contributed by atoms with Crippen molar-refractivity contribution in [2.75, 3.05) is 13.7 Å². The summed E-state index contributed by atoms with van der Waals surface area (Å²) in [5.74, 6) is 1.57. The second-order valence-corrected chi connectivity index (χ2v) is 8.28. The summed E-state index contributed by atoms with van der Waals surface area (Å²) in [5, 5.41) is 0.922. The highest BCUT2D eigenvalue weighted by atomic mass is 32.1. The van der Waals surface area contributed by atoms with E-state index >= 15 is 0 Å². The van der Waals surface area contributed by atoms with E-state index < -0.39 is 0 Å². The number of nitrogens with zero attached hydrogens (tertiary/aromatic N) is 2. The summed E-state index contributed by atoms with van der Waals surface area (Å²) in [5.41, 5.74) is 2.97. The van der Waals surface area contributed by atoms with Gasteiger partial charge in [0, 0.05) is 30.7 Å². The van der Waals surface area contributed by atoms with Crippen LogP contribution < -0.4 is 9.47 Å². The Kier molecular flexibility index (Phi) is 5.53. The van der Waals surface area contributed by atoms with Crippen molar-refractivity contribution >= 4 is 33.5 Å². The largest absolute Gasteiger partial charge is 0.493 e. The molecule has 4 rings (SSSR count). The second-order valence-electron chi connectivity index (χ2n) is 7.17. The SMILES string of the molecule is CCOc1cc2c(cc1/C=C/C(=O)N(C)Cc1nc3ccccc3s1)O[C@H](C)C2. The lowest BCUT2D eigenvalue weighted by Crippen LogP contribution is -2.23. The molecule has 29 heavy (non-hydrogen) atoms. The van der Waals surface area contributed by atoms with Crippen LogP contribution in [0.4, 0.5) is 0 Å². The monoisotopic (exact) mass is 408 g/mol. The Hall–Kier alpha value is -2.86. The van der Waals surface area contributed by atoms with Crippen molar-refractivity contribution in [1.29, 1.82) is 0 Å². The molecule has 0 radical (unpaired) electrons. The highest BCUT2D eigenvalue weighted by Crippen LogP contribution is 2.35. The van der Waals surface area contributed by atoms with Gasteiger partial charge >= 0.3 is 0 Å². The Morgan fingerprint density at radius 1 is 1.38 bits per heavy atom. The summed E-state index contributed by atoms with van der Waals surface area (Å²) in [4.78, 5) is 18.9. The zero-order valence-corrected chi connectivity index (χ0v) is 17.7. The minimum atomic E-state index is -0.0820. The molecule has 2 heterocycles. The summed E-state index contributed by atoms with van der Waals surface area (Å²) in [7, 11) is 1.79. The average Bonchev–Trinajstić information content (AvgIpc) is 3.27. The minimum Gasteiger partial charge on any atom is -0.493 e. The molecular weight excluding hydrogens is 384 g/mol. The quantitative estimate of drug-likeness (QED) is 0.555. The van der Waals surface area contributed by atoms with Gasteiger partial charge in [-0.1, -0.05) is 12.1 Å². The predicted octanol–water partition coefficient (Wildman–Crippen LogP) is 4.69. The summed E-state index contributed by atoms with van der Waals surface area (Å²) >= 11 is 1.61. The highest BCUT2D eigenvalue weighted by molar-refractivity contribution is 7.18. The molecule has 0 fully saturated rings. The lowest BCUT2D eigenvalue weighted by Gasteiger charge is -2.13. The molecule has 1 atom stereocenters. The fourth-order valence-electron chi connectivity index (χ4n) is 3.42. The van der Waals surface area contributed by atoms with Crippen molar-refractivity contribution in [2.45, 2.75) is 32.9 Å². The Morgan fingerprint density at radius 2 is 2.21 bits per heavy atom. The van der Waals surface area contributed by atoms with Gasteiger partial charge in [-0.3, -0.25) is 4.79 Å².